The van der Waals surface area contributed by atoms with E-state index in [1.54, 1.807) is 74.4 Å². The second-order valence-corrected chi connectivity index (χ2v) is 15.6. The van der Waals surface area contributed by atoms with Crippen LogP contribution in [0.3, 0.4) is 0 Å². The molecule has 12 aromatic heterocycles. The van der Waals surface area contributed by atoms with Crippen molar-refractivity contribution in [3.05, 3.63) is 184 Å². The molecule has 0 bridgehead atoms. The number of rotatable bonds is 6. The van der Waals surface area contributed by atoms with E-state index in [1.807, 2.05) is 72.8 Å². The zero-order chi connectivity index (χ0) is 43.6. The van der Waals surface area contributed by atoms with Crippen LogP contribution in [0.4, 0.5) is 0 Å². The third-order valence-electron chi connectivity index (χ3n) is 12.1. The van der Waals surface area contributed by atoms with Crippen molar-refractivity contribution in [2.24, 2.45) is 0 Å². The van der Waals surface area contributed by atoms with E-state index in [0.717, 1.165) is 98.8 Å². The van der Waals surface area contributed by atoms with Crippen LogP contribution in [0, 0.1) is 0 Å². The normalized spacial score (nSPS) is 11.6. The van der Waals surface area contributed by atoms with Gasteiger partial charge in [-0.05, 0) is 109 Å². The highest BCUT2D eigenvalue weighted by Gasteiger charge is 2.36. The standard InChI is InChI=1S/C54H30N12/c1-7-31-37(55-19-1)13-25-61-49(31)43-44(50-32-8-2-20-56-38(32)14-26-62-50)46(52-34-10-4-22-58-40(34)16-28-64-52)48(54-36-12-6-24-60-42(36)18-30-66-54)47(53-35-11-5-23-59-41(35)17-29-65-53)45(43)51-33-9-3-21-57-39(33)15-27-63-51/h1-30H. The summed E-state index contributed by atoms with van der Waals surface area (Å²) in [5.74, 6) is 0. The number of aromatic nitrogens is 12. The number of fused-ring (bicyclic) bond motifs is 6. The van der Waals surface area contributed by atoms with E-state index in [2.05, 4.69) is 36.4 Å². The fraction of sp³-hybridized carbons (Fsp3) is 0. The topological polar surface area (TPSA) is 155 Å². The minimum atomic E-state index is 0.648. The molecule has 13 aromatic rings. The molecule has 0 amide bonds. The van der Waals surface area contributed by atoms with Crippen molar-refractivity contribution >= 4 is 65.4 Å². The summed E-state index contributed by atoms with van der Waals surface area (Å²) in [6, 6.07) is 35.5. The lowest BCUT2D eigenvalue weighted by Gasteiger charge is -2.28. The SMILES string of the molecule is c1cnc2ccnc(-c3c(-c4nccc5ncccc45)c(-c4nccc5ncccc45)c(-c4nccc5ncccc45)c(-c4nccc5ncccc45)c3-c3nccc4ncccc34)c2c1. The molecule has 12 nitrogen and oxygen atoms in total. The predicted molar refractivity (Wildman–Crippen MR) is 258 cm³/mol. The Kier molecular flexibility index (Phi) is 8.52. The largest absolute Gasteiger partial charge is 0.256 e. The highest BCUT2D eigenvalue weighted by molar-refractivity contribution is 6.23. The minimum Gasteiger partial charge on any atom is -0.256 e. The minimum absolute atomic E-state index is 0.648. The maximum atomic E-state index is 5.34. The number of hydrogen-bond donors (Lipinski definition) is 0. The highest BCUT2D eigenvalue weighted by Crippen LogP contribution is 2.58. The van der Waals surface area contributed by atoms with Crippen molar-refractivity contribution in [1.82, 2.24) is 59.8 Å². The van der Waals surface area contributed by atoms with Gasteiger partial charge in [0.2, 0.25) is 0 Å². The molecule has 66 heavy (non-hydrogen) atoms. The lowest BCUT2D eigenvalue weighted by Crippen LogP contribution is -2.08. The molecule has 12 heteroatoms. The molecule has 0 aliphatic carbocycles. The molecule has 0 fully saturated rings. The lowest BCUT2D eigenvalue weighted by molar-refractivity contribution is 1.26. The smallest absolute Gasteiger partial charge is 0.0810 e. The summed E-state index contributed by atoms with van der Waals surface area (Å²) in [7, 11) is 0. The van der Waals surface area contributed by atoms with E-state index >= 15 is 0 Å². The van der Waals surface area contributed by atoms with Crippen LogP contribution >= 0.6 is 0 Å². The Morgan fingerprint density at radius 2 is 0.333 bits per heavy atom. The van der Waals surface area contributed by atoms with Crippen LogP contribution in [0.25, 0.3) is 133 Å². The molecule has 0 aliphatic rings. The Balaban J connectivity index is 1.43. The van der Waals surface area contributed by atoms with Gasteiger partial charge in [0.25, 0.3) is 0 Å². The molecule has 0 saturated heterocycles. The van der Waals surface area contributed by atoms with Gasteiger partial charge in [-0.1, -0.05) is 0 Å². The van der Waals surface area contributed by atoms with Crippen LogP contribution in [0.5, 0.6) is 0 Å². The fourth-order valence-electron chi connectivity index (χ4n) is 9.38. The third-order valence-corrected chi connectivity index (χ3v) is 12.1. The van der Waals surface area contributed by atoms with Gasteiger partial charge in [-0.15, -0.1) is 0 Å². The summed E-state index contributed by atoms with van der Waals surface area (Å²) in [6.45, 7) is 0. The molecule has 306 valence electrons. The van der Waals surface area contributed by atoms with Crippen LogP contribution in [-0.4, -0.2) is 59.8 Å². The van der Waals surface area contributed by atoms with Gasteiger partial charge in [-0.2, -0.15) is 0 Å². The van der Waals surface area contributed by atoms with E-state index in [9.17, 15) is 0 Å². The monoisotopic (exact) mass is 846 g/mol. The number of pyridine rings is 12. The van der Waals surface area contributed by atoms with Gasteiger partial charge in [0.1, 0.15) is 0 Å². The highest BCUT2D eigenvalue weighted by atomic mass is 14.8. The summed E-state index contributed by atoms with van der Waals surface area (Å²) in [5.41, 5.74) is 12.8. The molecule has 12 heterocycles. The second-order valence-electron chi connectivity index (χ2n) is 15.6. The molecule has 0 unspecified atom stereocenters. The predicted octanol–water partition coefficient (Wildman–Crippen LogP) is 11.3. The summed E-state index contributed by atoms with van der Waals surface area (Å²) in [4.78, 5) is 61.2. The van der Waals surface area contributed by atoms with E-state index < -0.39 is 0 Å². The van der Waals surface area contributed by atoms with Crippen LogP contribution in [-0.2, 0) is 0 Å². The molecular formula is C54H30N12. The van der Waals surface area contributed by atoms with Crippen molar-refractivity contribution in [1.29, 1.82) is 0 Å². The van der Waals surface area contributed by atoms with E-state index in [0.29, 0.717) is 34.2 Å². The summed E-state index contributed by atoms with van der Waals surface area (Å²) in [6.07, 6.45) is 21.6. The average molecular weight is 847 g/mol. The lowest BCUT2D eigenvalue weighted by atomic mass is 9.76. The van der Waals surface area contributed by atoms with Gasteiger partial charge < -0.3 is 0 Å². The average Bonchev–Trinajstić information content (AvgIpc) is 3.39. The van der Waals surface area contributed by atoms with Crippen molar-refractivity contribution in [3.63, 3.8) is 0 Å². The Bertz CT molecular complexity index is 3370. The zero-order valence-electron chi connectivity index (χ0n) is 34.7. The summed E-state index contributed by atoms with van der Waals surface area (Å²) >= 11 is 0. The summed E-state index contributed by atoms with van der Waals surface area (Å²) in [5, 5.41) is 4.90. The Labute approximate surface area is 374 Å². The Hall–Kier alpha value is -9.42. The molecule has 1 aromatic carbocycles. The molecule has 13 rings (SSSR count). The van der Waals surface area contributed by atoms with Gasteiger partial charge in [0.15, 0.2) is 0 Å². The Morgan fingerprint density at radius 1 is 0.167 bits per heavy atom. The maximum absolute atomic E-state index is 5.34. The number of nitrogens with zero attached hydrogens (tertiary/aromatic N) is 12. The van der Waals surface area contributed by atoms with E-state index in [1.165, 1.54) is 0 Å². The van der Waals surface area contributed by atoms with Crippen LogP contribution in [0.1, 0.15) is 0 Å². The third kappa shape index (κ3) is 5.78. The first-order chi connectivity index (χ1) is 32.8. The molecule has 0 saturated carbocycles. The molecule has 0 radical (unpaired) electrons. The zero-order valence-corrected chi connectivity index (χ0v) is 34.7. The van der Waals surface area contributed by atoms with Crippen LogP contribution in [0.2, 0.25) is 0 Å². The van der Waals surface area contributed by atoms with Gasteiger partial charge in [-0.3, -0.25) is 59.8 Å². The molecule has 0 N–H and O–H groups in total. The fourth-order valence-corrected chi connectivity index (χ4v) is 9.38. The Morgan fingerprint density at radius 3 is 0.500 bits per heavy atom. The first-order valence-corrected chi connectivity index (χ1v) is 21.2. The first-order valence-electron chi connectivity index (χ1n) is 21.2. The van der Waals surface area contributed by atoms with Gasteiger partial charge in [-0.25, -0.2) is 0 Å². The van der Waals surface area contributed by atoms with E-state index in [-0.39, 0.29) is 0 Å². The molecule has 0 aliphatic heterocycles. The van der Waals surface area contributed by atoms with Crippen LogP contribution in [0.15, 0.2) is 184 Å². The number of hydrogen-bond acceptors (Lipinski definition) is 12. The van der Waals surface area contributed by atoms with Crippen molar-refractivity contribution in [2.75, 3.05) is 0 Å². The van der Waals surface area contributed by atoms with Gasteiger partial charge in [0.05, 0.1) is 67.3 Å². The van der Waals surface area contributed by atoms with Crippen molar-refractivity contribution in [2.45, 2.75) is 0 Å². The van der Waals surface area contributed by atoms with Crippen LogP contribution < -0.4 is 0 Å². The van der Waals surface area contributed by atoms with Crippen molar-refractivity contribution < 1.29 is 0 Å². The molecular weight excluding hydrogens is 817 g/mol. The van der Waals surface area contributed by atoms with Gasteiger partial charge in [0, 0.05) is 140 Å². The molecule has 0 spiro atoms. The quantitative estimate of drug-likeness (QED) is 0.156. The maximum Gasteiger partial charge on any atom is 0.0810 e. The van der Waals surface area contributed by atoms with Gasteiger partial charge >= 0.3 is 0 Å². The van der Waals surface area contributed by atoms with E-state index in [4.69, 9.17) is 59.8 Å². The first kappa shape index (κ1) is 37.2. The second kappa shape index (κ2) is 15.1. The molecule has 0 atom stereocenters. The van der Waals surface area contributed by atoms with Crippen molar-refractivity contribution in [3.8, 4) is 67.5 Å². The number of benzene rings is 1. The summed E-state index contributed by atoms with van der Waals surface area (Å²) < 4.78 is 0.